The van der Waals surface area contributed by atoms with Gasteiger partial charge in [-0.05, 0) is 55.3 Å². The van der Waals surface area contributed by atoms with Crippen molar-refractivity contribution in [3.63, 3.8) is 0 Å². The third-order valence-corrected chi connectivity index (χ3v) is 8.69. The van der Waals surface area contributed by atoms with Crippen molar-refractivity contribution in [2.75, 3.05) is 20.2 Å². The molecule has 0 radical (unpaired) electrons. The molecule has 164 valence electrons. The molecule has 1 atom stereocenters. The molecule has 31 heavy (non-hydrogen) atoms. The summed E-state index contributed by atoms with van der Waals surface area (Å²) in [5.41, 5.74) is 1.31. The highest BCUT2D eigenvalue weighted by Gasteiger charge is 2.26. The van der Waals surface area contributed by atoms with E-state index in [-0.39, 0.29) is 11.0 Å². The van der Waals surface area contributed by atoms with E-state index in [0.717, 1.165) is 27.5 Å². The number of hydrogen-bond donors (Lipinski definition) is 0. The van der Waals surface area contributed by atoms with Gasteiger partial charge in [0, 0.05) is 37.3 Å². The number of thiazole rings is 1. The number of hydrogen-bond acceptors (Lipinski definition) is 5. The summed E-state index contributed by atoms with van der Waals surface area (Å²) in [5, 5.41) is 0. The number of benzene rings is 2. The van der Waals surface area contributed by atoms with Crippen molar-refractivity contribution >= 4 is 53.4 Å². The number of likely N-dealkylation sites (N-methyl/N-ethyl adjacent to an activating group) is 1. The molecule has 1 unspecified atom stereocenters. The molecular formula is C21H22BrN3O4S2. The fraction of sp³-hybridized carbons (Fsp3) is 0.333. The number of halogens is 1. The van der Waals surface area contributed by atoms with Gasteiger partial charge in [-0.15, -0.1) is 0 Å². The lowest BCUT2D eigenvalue weighted by molar-refractivity contribution is 0.0979. The summed E-state index contributed by atoms with van der Waals surface area (Å²) in [5.74, 6) is -0.419. The minimum Gasteiger partial charge on any atom is -0.377 e. The Labute approximate surface area is 193 Å². The van der Waals surface area contributed by atoms with E-state index in [1.54, 1.807) is 7.05 Å². The number of carbonyl (C=O) groups is 1. The largest absolute Gasteiger partial charge is 0.377 e. The quantitative estimate of drug-likeness (QED) is 0.512. The van der Waals surface area contributed by atoms with Gasteiger partial charge in [0.1, 0.15) is 0 Å². The summed E-state index contributed by atoms with van der Waals surface area (Å²) in [7, 11) is -0.245. The first-order valence-corrected chi connectivity index (χ1v) is 12.8. The van der Waals surface area contributed by atoms with E-state index in [9.17, 15) is 13.2 Å². The van der Waals surface area contributed by atoms with Crippen LogP contribution >= 0.6 is 27.3 Å². The molecule has 10 heteroatoms. The summed E-state index contributed by atoms with van der Waals surface area (Å²) >= 11 is 4.87. The van der Waals surface area contributed by atoms with Crippen LogP contribution in [0.4, 0.5) is 0 Å². The van der Waals surface area contributed by atoms with E-state index >= 15 is 0 Å². The molecule has 1 aliphatic rings. The van der Waals surface area contributed by atoms with Crippen molar-refractivity contribution in [3.05, 3.63) is 57.3 Å². The van der Waals surface area contributed by atoms with Crippen molar-refractivity contribution in [1.29, 1.82) is 0 Å². The first kappa shape index (κ1) is 22.3. The van der Waals surface area contributed by atoms with Crippen LogP contribution in [-0.2, 0) is 21.8 Å². The zero-order chi connectivity index (χ0) is 22.2. The number of aryl methyl sites for hydroxylation is 1. The average molecular weight is 524 g/mol. The number of ether oxygens (including phenoxy) is 1. The molecular weight excluding hydrogens is 502 g/mol. The maximum atomic E-state index is 12.8. The number of aromatic nitrogens is 1. The van der Waals surface area contributed by atoms with Gasteiger partial charge in [-0.1, -0.05) is 27.3 Å². The molecule has 0 spiro atoms. The van der Waals surface area contributed by atoms with Crippen LogP contribution < -0.4 is 4.80 Å². The molecule has 2 aromatic carbocycles. The normalized spacial score (nSPS) is 17.7. The molecule has 3 aromatic rings. The molecule has 0 aliphatic carbocycles. The fourth-order valence-corrected chi connectivity index (χ4v) is 6.26. The SMILES string of the molecule is CN(CC1CCCO1)S(=O)(=O)c1ccc(C(=O)N=c2sc3cc(Br)ccc3n2C)cc1. The van der Waals surface area contributed by atoms with E-state index in [1.807, 2.05) is 29.8 Å². The second kappa shape index (κ2) is 8.95. The Kier molecular flexibility index (Phi) is 6.45. The van der Waals surface area contributed by atoms with Gasteiger partial charge in [0.2, 0.25) is 10.0 Å². The second-order valence-corrected chi connectivity index (χ2v) is 11.4. The Morgan fingerprint density at radius 3 is 2.71 bits per heavy atom. The lowest BCUT2D eigenvalue weighted by Crippen LogP contribution is -2.34. The van der Waals surface area contributed by atoms with Gasteiger partial charge in [-0.3, -0.25) is 4.79 Å². The smallest absolute Gasteiger partial charge is 0.279 e. The summed E-state index contributed by atoms with van der Waals surface area (Å²) in [6, 6.07) is 11.8. The first-order valence-electron chi connectivity index (χ1n) is 9.78. The van der Waals surface area contributed by atoms with Gasteiger partial charge in [-0.2, -0.15) is 9.30 Å². The molecule has 0 N–H and O–H groups in total. The van der Waals surface area contributed by atoms with Crippen LogP contribution in [0.15, 0.2) is 56.8 Å². The van der Waals surface area contributed by atoms with E-state index < -0.39 is 15.9 Å². The predicted molar refractivity (Wildman–Crippen MR) is 124 cm³/mol. The molecule has 7 nitrogen and oxygen atoms in total. The Morgan fingerprint density at radius 2 is 2.03 bits per heavy atom. The highest BCUT2D eigenvalue weighted by atomic mass is 79.9. The number of nitrogens with zero attached hydrogens (tertiary/aromatic N) is 3. The van der Waals surface area contributed by atoms with Crippen LogP contribution in [0.1, 0.15) is 23.2 Å². The van der Waals surface area contributed by atoms with Gasteiger partial charge in [0.25, 0.3) is 5.91 Å². The minimum atomic E-state index is -3.65. The van der Waals surface area contributed by atoms with Gasteiger partial charge < -0.3 is 9.30 Å². The maximum Gasteiger partial charge on any atom is 0.279 e. The molecule has 4 rings (SSSR count). The standard InChI is InChI=1S/C21H22BrN3O4S2/c1-24(13-16-4-3-11-29-16)31(27,28)17-8-5-14(6-9-17)20(26)23-21-25(2)18-10-7-15(22)12-19(18)30-21/h5-10,12,16H,3-4,11,13H2,1-2H3. The lowest BCUT2D eigenvalue weighted by atomic mass is 10.2. The van der Waals surface area contributed by atoms with Gasteiger partial charge in [-0.25, -0.2) is 8.42 Å². The molecule has 1 aliphatic heterocycles. The van der Waals surface area contributed by atoms with Crippen molar-refractivity contribution in [2.24, 2.45) is 12.0 Å². The molecule has 2 heterocycles. The van der Waals surface area contributed by atoms with E-state index in [4.69, 9.17) is 4.74 Å². The highest BCUT2D eigenvalue weighted by molar-refractivity contribution is 9.10. The first-order chi connectivity index (χ1) is 14.8. The zero-order valence-electron chi connectivity index (χ0n) is 17.1. The predicted octanol–water partition coefficient (Wildman–Crippen LogP) is 3.54. The Hall–Kier alpha value is -1.85. The summed E-state index contributed by atoms with van der Waals surface area (Å²) in [6.45, 7) is 0.991. The van der Waals surface area contributed by atoms with E-state index in [0.29, 0.717) is 23.5 Å². The minimum absolute atomic E-state index is 0.0675. The fourth-order valence-electron chi connectivity index (χ4n) is 3.49. The summed E-state index contributed by atoms with van der Waals surface area (Å²) in [6.07, 6.45) is 1.75. The van der Waals surface area contributed by atoms with Crippen LogP contribution in [-0.4, -0.2) is 49.5 Å². The third-order valence-electron chi connectivity index (χ3n) is 5.26. The molecule has 1 saturated heterocycles. The Bertz CT molecular complexity index is 1290. The van der Waals surface area contributed by atoms with Crippen LogP contribution in [0.3, 0.4) is 0 Å². The van der Waals surface area contributed by atoms with Crippen LogP contribution in [0.25, 0.3) is 10.2 Å². The monoisotopic (exact) mass is 523 g/mol. The van der Waals surface area contributed by atoms with Crippen LogP contribution in [0, 0.1) is 0 Å². The number of rotatable bonds is 5. The molecule has 1 amide bonds. The van der Waals surface area contributed by atoms with E-state index in [2.05, 4.69) is 20.9 Å². The van der Waals surface area contributed by atoms with Crippen LogP contribution in [0.2, 0.25) is 0 Å². The zero-order valence-corrected chi connectivity index (χ0v) is 20.3. The number of carbonyl (C=O) groups excluding carboxylic acids is 1. The van der Waals surface area contributed by atoms with E-state index in [1.165, 1.54) is 39.9 Å². The Morgan fingerprint density at radius 1 is 1.29 bits per heavy atom. The molecule has 0 saturated carbocycles. The summed E-state index contributed by atoms with van der Waals surface area (Å²) in [4.78, 5) is 17.6. The van der Waals surface area contributed by atoms with Gasteiger partial charge in [0.15, 0.2) is 4.80 Å². The second-order valence-electron chi connectivity index (χ2n) is 7.42. The van der Waals surface area contributed by atoms with Crippen molar-refractivity contribution in [2.45, 2.75) is 23.8 Å². The average Bonchev–Trinajstić information content (AvgIpc) is 3.36. The number of amides is 1. The van der Waals surface area contributed by atoms with Crippen molar-refractivity contribution in [1.82, 2.24) is 8.87 Å². The lowest BCUT2D eigenvalue weighted by Gasteiger charge is -2.20. The van der Waals surface area contributed by atoms with Gasteiger partial charge >= 0.3 is 0 Å². The number of fused-ring (bicyclic) bond motifs is 1. The van der Waals surface area contributed by atoms with Gasteiger partial charge in [0.05, 0.1) is 21.2 Å². The highest BCUT2D eigenvalue weighted by Crippen LogP contribution is 2.22. The third kappa shape index (κ3) is 4.68. The molecule has 0 bridgehead atoms. The Balaban J connectivity index is 1.55. The van der Waals surface area contributed by atoms with Crippen molar-refractivity contribution in [3.8, 4) is 0 Å². The maximum absolute atomic E-state index is 12.8. The number of sulfonamides is 1. The molecule has 1 aromatic heterocycles. The van der Waals surface area contributed by atoms with Crippen molar-refractivity contribution < 1.29 is 17.9 Å². The summed E-state index contributed by atoms with van der Waals surface area (Å²) < 4.78 is 36.3. The topological polar surface area (TPSA) is 81.0 Å². The van der Waals surface area contributed by atoms with Crippen LogP contribution in [0.5, 0.6) is 0 Å². The molecule has 1 fully saturated rings.